The van der Waals surface area contributed by atoms with Gasteiger partial charge in [-0.3, -0.25) is 0 Å². The van der Waals surface area contributed by atoms with E-state index in [1.54, 1.807) is 0 Å². The van der Waals surface area contributed by atoms with Crippen LogP contribution in [0.1, 0.15) is 0 Å². The summed E-state index contributed by atoms with van der Waals surface area (Å²) in [6.45, 7) is 0. The van der Waals surface area contributed by atoms with Crippen molar-refractivity contribution in [2.75, 3.05) is 0 Å². The molecular formula is C3H2Br6O. The van der Waals surface area contributed by atoms with Crippen molar-refractivity contribution >= 4 is 95.6 Å². The Hall–Kier alpha value is 2.84. The van der Waals surface area contributed by atoms with Gasteiger partial charge in [0.1, 0.15) is 5.01 Å². The van der Waals surface area contributed by atoms with E-state index in [0.717, 1.165) is 0 Å². The molecule has 1 unspecified atom stereocenters. The van der Waals surface area contributed by atoms with Crippen LogP contribution in [0.5, 0.6) is 0 Å². The van der Waals surface area contributed by atoms with Crippen LogP contribution < -0.4 is 0 Å². The highest BCUT2D eigenvalue weighted by Crippen LogP contribution is 2.55. The summed E-state index contributed by atoms with van der Waals surface area (Å²) in [5.74, 6) is 0. The number of aliphatic hydroxyl groups excluding tert-OH is 1. The second kappa shape index (κ2) is 4.37. The predicted molar refractivity (Wildman–Crippen MR) is 65.0 cm³/mol. The Bertz CT molecular complexity index is 115. The van der Waals surface area contributed by atoms with Gasteiger partial charge in [-0.2, -0.15) is 0 Å². The second-order valence-electron chi connectivity index (χ2n) is 1.46. The van der Waals surface area contributed by atoms with Gasteiger partial charge in [0.15, 0.2) is 5.38 Å². The van der Waals surface area contributed by atoms with Gasteiger partial charge in [0.2, 0.25) is 0 Å². The summed E-state index contributed by atoms with van der Waals surface area (Å²) in [6, 6.07) is 0. The average Bonchev–Trinajstić information content (AvgIpc) is 1.62. The maximum atomic E-state index is 9.15. The molecule has 7 heteroatoms. The Labute approximate surface area is 109 Å². The van der Waals surface area contributed by atoms with Crippen LogP contribution in [0.25, 0.3) is 0 Å². The average molecular weight is 533 g/mol. The standard InChI is InChI=1S/C3H2Br6O/c4-1(10)2(5,6)3(7,8)9/h1,10H. The van der Waals surface area contributed by atoms with Gasteiger partial charge in [-0.15, -0.1) is 0 Å². The number of hydrogen-bond donors (Lipinski definition) is 1. The second-order valence-corrected chi connectivity index (χ2v) is 12.7. The minimum Gasteiger partial charge on any atom is -0.379 e. The maximum Gasteiger partial charge on any atom is 0.163 e. The molecule has 62 valence electrons. The number of aliphatic hydroxyl groups is 1. The minimum absolute atomic E-state index is 0.608. The van der Waals surface area contributed by atoms with Gasteiger partial charge in [-0.1, -0.05) is 95.6 Å². The smallest absolute Gasteiger partial charge is 0.163 e. The highest BCUT2D eigenvalue weighted by atomic mass is 80.0. The molecule has 0 amide bonds. The topological polar surface area (TPSA) is 20.2 Å². The first-order chi connectivity index (χ1) is 4.19. The van der Waals surface area contributed by atoms with Crippen molar-refractivity contribution in [1.29, 1.82) is 0 Å². The summed E-state index contributed by atoms with van der Waals surface area (Å²) in [4.78, 5) is 0. The largest absolute Gasteiger partial charge is 0.379 e. The van der Waals surface area contributed by atoms with Crippen molar-refractivity contribution in [2.45, 2.75) is 10.4 Å². The molecule has 0 saturated heterocycles. The van der Waals surface area contributed by atoms with Crippen molar-refractivity contribution in [1.82, 2.24) is 0 Å². The Kier molecular flexibility index (Phi) is 5.61. The predicted octanol–water partition coefficient (Wildman–Crippen LogP) is 4.02. The van der Waals surface area contributed by atoms with E-state index in [1.807, 2.05) is 0 Å². The normalized spacial score (nSPS) is 17.1. The van der Waals surface area contributed by atoms with E-state index in [0.29, 0.717) is 0 Å². The first-order valence-corrected chi connectivity index (χ1v) is 6.84. The van der Waals surface area contributed by atoms with Crippen LogP contribution in [0.2, 0.25) is 0 Å². The van der Waals surface area contributed by atoms with Gasteiger partial charge in [-0.05, 0) is 0 Å². The van der Waals surface area contributed by atoms with E-state index in [-0.39, 0.29) is 0 Å². The van der Waals surface area contributed by atoms with E-state index < -0.39 is 10.4 Å². The van der Waals surface area contributed by atoms with Gasteiger partial charge in [0.25, 0.3) is 0 Å². The molecule has 0 aliphatic heterocycles. The first kappa shape index (κ1) is 12.8. The van der Waals surface area contributed by atoms with Crippen molar-refractivity contribution in [3.8, 4) is 0 Å². The van der Waals surface area contributed by atoms with Crippen LogP contribution in [0.15, 0.2) is 0 Å². The van der Waals surface area contributed by atoms with E-state index in [1.165, 1.54) is 0 Å². The number of halogens is 6. The van der Waals surface area contributed by atoms with Crippen molar-refractivity contribution in [3.05, 3.63) is 0 Å². The van der Waals surface area contributed by atoms with Gasteiger partial charge in [0.05, 0.1) is 0 Å². The van der Waals surface area contributed by atoms with Gasteiger partial charge < -0.3 is 5.11 Å². The van der Waals surface area contributed by atoms with Crippen LogP contribution in [0.3, 0.4) is 0 Å². The molecule has 0 aromatic heterocycles. The van der Waals surface area contributed by atoms with Crippen molar-refractivity contribution in [2.24, 2.45) is 0 Å². The summed E-state index contributed by atoms with van der Waals surface area (Å²) < 4.78 is -1.32. The molecule has 0 rings (SSSR count). The molecule has 0 aromatic carbocycles. The van der Waals surface area contributed by atoms with Gasteiger partial charge in [-0.25, -0.2) is 0 Å². The molecular weight excluding hydrogens is 531 g/mol. The summed E-state index contributed by atoms with van der Waals surface area (Å²) >= 11 is 19.2. The molecule has 0 heterocycles. The summed E-state index contributed by atoms with van der Waals surface area (Å²) in [6.07, 6.45) is 0. The fourth-order valence-corrected chi connectivity index (χ4v) is 2.05. The molecule has 0 fully saturated rings. The molecule has 1 N–H and O–H groups in total. The number of rotatable bonds is 1. The Morgan fingerprint density at radius 1 is 1.00 bits per heavy atom. The fraction of sp³-hybridized carbons (Fsp3) is 1.00. The third kappa shape index (κ3) is 3.30. The highest BCUT2D eigenvalue weighted by Gasteiger charge is 2.47. The van der Waals surface area contributed by atoms with E-state index in [2.05, 4.69) is 95.6 Å². The van der Waals surface area contributed by atoms with Crippen LogP contribution in [-0.2, 0) is 0 Å². The molecule has 0 radical (unpaired) electrons. The van der Waals surface area contributed by atoms with Crippen LogP contribution in [0, 0.1) is 0 Å². The number of alkyl halides is 6. The first-order valence-electron chi connectivity index (χ1n) is 1.96. The molecule has 1 nitrogen and oxygen atoms in total. The maximum absolute atomic E-state index is 9.15. The molecule has 1 atom stereocenters. The lowest BCUT2D eigenvalue weighted by molar-refractivity contribution is 0.264. The third-order valence-electron chi connectivity index (χ3n) is 0.677. The Morgan fingerprint density at radius 3 is 1.30 bits per heavy atom. The monoisotopic (exact) mass is 528 g/mol. The van der Waals surface area contributed by atoms with E-state index in [4.69, 9.17) is 5.11 Å². The zero-order valence-corrected chi connectivity index (χ0v) is 13.8. The molecule has 0 saturated carbocycles. The van der Waals surface area contributed by atoms with Crippen LogP contribution in [0.4, 0.5) is 0 Å². The lowest BCUT2D eigenvalue weighted by Gasteiger charge is -2.30. The molecule has 0 bridgehead atoms. The number of hydrogen-bond acceptors (Lipinski definition) is 1. The highest BCUT2D eigenvalue weighted by molar-refractivity contribution is 9.41. The SMILES string of the molecule is OC(Br)C(Br)(Br)C(Br)(Br)Br. The van der Waals surface area contributed by atoms with Gasteiger partial charge in [0, 0.05) is 0 Å². The van der Waals surface area contributed by atoms with Crippen molar-refractivity contribution in [3.63, 3.8) is 0 Å². The summed E-state index contributed by atoms with van der Waals surface area (Å²) in [7, 11) is 0. The molecule has 0 spiro atoms. The Balaban J connectivity index is 4.40. The Morgan fingerprint density at radius 2 is 1.30 bits per heavy atom. The van der Waals surface area contributed by atoms with Crippen LogP contribution in [-0.4, -0.2) is 15.5 Å². The molecule has 10 heavy (non-hydrogen) atoms. The lowest BCUT2D eigenvalue weighted by Crippen LogP contribution is -2.37. The quantitative estimate of drug-likeness (QED) is 0.505. The minimum atomic E-state index is -0.738. The van der Waals surface area contributed by atoms with Crippen LogP contribution >= 0.6 is 95.6 Å². The lowest BCUT2D eigenvalue weighted by atomic mass is 10.5. The summed E-state index contributed by atoms with van der Waals surface area (Å²) in [5.41, 5.74) is 0. The zero-order chi connectivity index (χ0) is 8.58. The zero-order valence-electron chi connectivity index (χ0n) is 4.29. The van der Waals surface area contributed by atoms with Gasteiger partial charge >= 0.3 is 0 Å². The fourth-order valence-electron chi connectivity index (χ4n) is 0.135. The van der Waals surface area contributed by atoms with E-state index >= 15 is 0 Å². The third-order valence-corrected chi connectivity index (χ3v) is 9.72. The van der Waals surface area contributed by atoms with Crippen molar-refractivity contribution < 1.29 is 5.11 Å². The molecule has 0 aliphatic carbocycles. The summed E-state index contributed by atoms with van der Waals surface area (Å²) in [5, 5.41) is 8.41. The van der Waals surface area contributed by atoms with E-state index in [9.17, 15) is 0 Å². The molecule has 0 aliphatic rings. The molecule has 0 aromatic rings.